The zero-order valence-corrected chi connectivity index (χ0v) is 66.5. The normalized spacial score (nSPS) is 15.7. The smallest absolute Gasteiger partial charge is 0.323 e. The Morgan fingerprint density at radius 3 is 0.683 bits per heavy atom. The van der Waals surface area contributed by atoms with Crippen molar-refractivity contribution in [3.63, 3.8) is 0 Å². The molecule has 1 rings (SSSR count). The molecule has 3 amide bonds. The Hall–Kier alpha value is -6.52. The molecule has 101 heavy (non-hydrogen) atoms. The third-order valence-corrected chi connectivity index (χ3v) is 13.7. The van der Waals surface area contributed by atoms with Gasteiger partial charge in [0.15, 0.2) is 0 Å². The Kier molecular flexibility index (Phi) is 36.1. The first kappa shape index (κ1) is 92.5. The van der Waals surface area contributed by atoms with E-state index in [1.807, 2.05) is 0 Å². The predicted octanol–water partition coefficient (Wildman–Crippen LogP) is 7.28. The lowest BCUT2D eigenvalue weighted by Crippen LogP contribution is -2.51. The molecule has 28 heteroatoms. The van der Waals surface area contributed by atoms with Crippen LogP contribution in [0.1, 0.15) is 238 Å². The first-order valence-electron chi connectivity index (χ1n) is 35.3. The van der Waals surface area contributed by atoms with Crippen LogP contribution in [0.5, 0.6) is 0 Å². The molecule has 0 aromatic rings. The van der Waals surface area contributed by atoms with Gasteiger partial charge in [-0.05, 0) is 226 Å². The van der Waals surface area contributed by atoms with E-state index >= 15 is 4.79 Å². The number of nitrogens with one attached hydrogen (secondary N) is 1. The second kappa shape index (κ2) is 39.4. The minimum Gasteiger partial charge on any atom is -0.459 e. The van der Waals surface area contributed by atoms with E-state index in [9.17, 15) is 52.7 Å². The number of hydrogen-bond acceptors (Lipinski definition) is 25. The van der Waals surface area contributed by atoms with Gasteiger partial charge in [0.1, 0.15) is 68.5 Å². The highest BCUT2D eigenvalue weighted by Gasteiger charge is 2.40. The van der Waals surface area contributed by atoms with Gasteiger partial charge < -0.3 is 62.6 Å². The molecular formula is C73H129N7O21. The lowest BCUT2D eigenvalue weighted by Gasteiger charge is -2.34. The molecule has 0 aliphatic carbocycles. The maximum Gasteiger partial charge on any atom is 0.323 e. The van der Waals surface area contributed by atoms with Crippen LogP contribution >= 0.6 is 0 Å². The Morgan fingerprint density at radius 2 is 0.475 bits per heavy atom. The minimum atomic E-state index is -1.39. The molecule has 0 aromatic carbocycles. The summed E-state index contributed by atoms with van der Waals surface area (Å²) in [5, 5.41) is 3.36. The van der Waals surface area contributed by atoms with Crippen LogP contribution in [0.25, 0.3) is 0 Å². The highest BCUT2D eigenvalue weighted by Crippen LogP contribution is 2.24. The average molecular weight is 1440 g/mol. The van der Waals surface area contributed by atoms with Crippen LogP contribution < -0.4 is 5.32 Å². The van der Waals surface area contributed by atoms with Crippen LogP contribution in [-0.2, 0) is 100 Å². The highest BCUT2D eigenvalue weighted by atomic mass is 16.6. The number of carbonyl (C=O) groups excluding carboxylic acids is 12. The van der Waals surface area contributed by atoms with Crippen molar-refractivity contribution in [3.05, 3.63) is 0 Å². The van der Waals surface area contributed by atoms with Crippen molar-refractivity contribution < 1.29 is 100 Å². The van der Waals surface area contributed by atoms with E-state index in [1.54, 1.807) is 197 Å². The van der Waals surface area contributed by atoms with Gasteiger partial charge in [-0.25, -0.2) is 0 Å². The van der Waals surface area contributed by atoms with Crippen molar-refractivity contribution in [1.82, 2.24) is 34.7 Å². The second-order valence-corrected chi connectivity index (χ2v) is 34.6. The number of hydrogen-bond donors (Lipinski definition) is 1. The number of ether oxygens (including phenoxy) is 9. The van der Waals surface area contributed by atoms with E-state index in [0.29, 0.717) is 13.0 Å². The summed E-state index contributed by atoms with van der Waals surface area (Å²) in [6.45, 7) is 42.3. The zero-order valence-electron chi connectivity index (χ0n) is 66.5. The first-order valence-corrected chi connectivity index (χ1v) is 35.3. The minimum absolute atomic E-state index is 0.0280. The molecule has 28 nitrogen and oxygen atoms in total. The van der Waals surface area contributed by atoms with Crippen molar-refractivity contribution in [2.24, 2.45) is 0 Å². The van der Waals surface area contributed by atoms with Gasteiger partial charge in [0.05, 0.1) is 39.3 Å². The van der Waals surface area contributed by atoms with Gasteiger partial charge in [-0.2, -0.15) is 0 Å². The van der Waals surface area contributed by atoms with Crippen molar-refractivity contribution >= 4 is 71.4 Å². The maximum atomic E-state index is 15.2. The average Bonchev–Trinajstić information content (AvgIpc) is 0.851. The summed E-state index contributed by atoms with van der Waals surface area (Å²) in [7, 11) is 0. The third kappa shape index (κ3) is 43.9. The molecule has 1 aliphatic rings. The fourth-order valence-electron chi connectivity index (χ4n) is 10.3. The van der Waals surface area contributed by atoms with Gasteiger partial charge in [-0.3, -0.25) is 72.2 Å². The summed E-state index contributed by atoms with van der Waals surface area (Å²) in [6.07, 6.45) is -1.20. The van der Waals surface area contributed by atoms with E-state index in [0.717, 1.165) is 0 Å². The molecule has 1 aliphatic heterocycles. The molecule has 1 N–H and O–H groups in total. The molecule has 582 valence electrons. The van der Waals surface area contributed by atoms with Crippen LogP contribution in [0.2, 0.25) is 0 Å². The summed E-state index contributed by atoms with van der Waals surface area (Å²) >= 11 is 0. The standard InChI is InChI=1S/C73H129N7O21/c1-65(2,3)93-56(84)44-78(45-57(85)94-66(4,5)6)50(62(90)99-71(19,20)21)30-33-53(81)75-39-29-40-77(55(83)35-32-52(64(92)101-73(25,26)27)80(48-60(88)97-69(13,14)15)49-61(89)98-70(16,17)18)43-42-76(38-28-36-74-37-41-75)54(82)34-31-51(63(91)100-72(22,23)24)79(46-58(86)95-67(7,8)9)47-59(87)96-68(10,11)12/h50-52,74H,28-49H2,1-27H3/t50-,51-,52-/m0/s1. The molecule has 0 spiro atoms. The SMILES string of the molecule is CC(C)(C)OC(=O)CN(CC(=O)OC(C)(C)C)[C@@H](CCC(=O)N1CCCN(C(=O)CC[C@@H](C(=O)OC(C)(C)C)N(CC(=O)OC(C)(C)C)CC(=O)OC(C)(C)C)CCN(C(=O)CC[C@@H](C(=O)OC(C)(C)C)N(CC(=O)OC(C)(C)C)CC(=O)OC(C)(C)C)CCCNCC1)C(=O)OC(C)(C)C. The zero-order chi connectivity index (χ0) is 78.3. The monoisotopic (exact) mass is 1440 g/mol. The Bertz CT molecular complexity index is 2670. The quantitative estimate of drug-likeness (QED) is 0.0623. The highest BCUT2D eigenvalue weighted by molar-refractivity contribution is 5.85. The number of amides is 3. The van der Waals surface area contributed by atoms with Crippen LogP contribution in [0.4, 0.5) is 0 Å². The number of rotatable bonds is 27. The second-order valence-electron chi connectivity index (χ2n) is 34.6. The predicted molar refractivity (Wildman–Crippen MR) is 378 cm³/mol. The van der Waals surface area contributed by atoms with E-state index in [1.165, 1.54) is 19.6 Å². The van der Waals surface area contributed by atoms with Gasteiger partial charge in [0.2, 0.25) is 17.7 Å². The van der Waals surface area contributed by atoms with Crippen molar-refractivity contribution in [2.45, 2.75) is 307 Å². The van der Waals surface area contributed by atoms with Crippen LogP contribution in [0, 0.1) is 0 Å². The Labute approximate surface area is 602 Å². The summed E-state index contributed by atoms with van der Waals surface area (Å²) in [4.78, 5) is 178. The van der Waals surface area contributed by atoms with E-state index in [-0.39, 0.29) is 90.8 Å². The molecule has 0 bridgehead atoms. The molecular weight excluding hydrogens is 1310 g/mol. The molecule has 0 aromatic heterocycles. The van der Waals surface area contributed by atoms with Crippen LogP contribution in [0.15, 0.2) is 0 Å². The third-order valence-electron chi connectivity index (χ3n) is 13.7. The van der Waals surface area contributed by atoms with Crippen LogP contribution in [0.3, 0.4) is 0 Å². The Morgan fingerprint density at radius 1 is 0.277 bits per heavy atom. The fourth-order valence-corrected chi connectivity index (χ4v) is 10.3. The summed E-state index contributed by atoms with van der Waals surface area (Å²) in [6, 6.07) is -4.06. The lowest BCUT2D eigenvalue weighted by atomic mass is 10.1. The van der Waals surface area contributed by atoms with Gasteiger partial charge in [-0.15, -0.1) is 0 Å². The van der Waals surface area contributed by atoms with E-state index < -0.39 is 179 Å². The molecule has 0 saturated carbocycles. The van der Waals surface area contributed by atoms with Crippen molar-refractivity contribution in [1.29, 1.82) is 0 Å². The van der Waals surface area contributed by atoms with Crippen molar-refractivity contribution in [2.75, 3.05) is 91.6 Å². The van der Waals surface area contributed by atoms with Gasteiger partial charge in [-0.1, -0.05) is 0 Å². The van der Waals surface area contributed by atoms with Gasteiger partial charge in [0, 0.05) is 65.1 Å². The fraction of sp³-hybridized carbons (Fsp3) is 0.836. The molecule has 1 saturated heterocycles. The summed E-state index contributed by atoms with van der Waals surface area (Å²) in [5.74, 6) is -8.36. The Balaban J connectivity index is 4.15. The molecule has 3 atom stereocenters. The molecule has 0 radical (unpaired) electrons. The largest absolute Gasteiger partial charge is 0.459 e. The van der Waals surface area contributed by atoms with E-state index in [2.05, 4.69) is 5.32 Å². The number of esters is 9. The van der Waals surface area contributed by atoms with E-state index in [4.69, 9.17) is 42.6 Å². The topological polar surface area (TPSA) is 319 Å². The molecule has 0 unspecified atom stereocenters. The lowest BCUT2D eigenvalue weighted by molar-refractivity contribution is -0.171. The number of nitrogens with zero attached hydrogens (tertiary/aromatic N) is 6. The molecule has 1 fully saturated rings. The van der Waals surface area contributed by atoms with Crippen LogP contribution in [-0.4, -0.2) is 261 Å². The maximum absolute atomic E-state index is 15.2. The summed E-state index contributed by atoms with van der Waals surface area (Å²) in [5.41, 5.74) is -8.77. The summed E-state index contributed by atoms with van der Waals surface area (Å²) < 4.78 is 51.4. The molecule has 1 heterocycles. The first-order chi connectivity index (χ1) is 45.6. The van der Waals surface area contributed by atoms with Gasteiger partial charge in [0.25, 0.3) is 0 Å². The van der Waals surface area contributed by atoms with Crippen molar-refractivity contribution in [3.8, 4) is 0 Å². The van der Waals surface area contributed by atoms with Gasteiger partial charge >= 0.3 is 53.7 Å². The number of carbonyl (C=O) groups is 12.